The molecule has 104 valence electrons. The van der Waals surface area contributed by atoms with E-state index >= 15 is 0 Å². The van der Waals surface area contributed by atoms with Gasteiger partial charge in [-0.05, 0) is 23.6 Å². The first-order valence-corrected chi connectivity index (χ1v) is 6.38. The molecule has 1 heterocycles. The minimum atomic E-state index is -0.434. The number of benzene rings is 1. The minimum absolute atomic E-state index is 0.122. The average Bonchev–Trinajstić information content (AvgIpc) is 2.67. The molecule has 1 aromatic carbocycles. The number of hydrogen-bond donors (Lipinski definition) is 1. The van der Waals surface area contributed by atoms with Crippen molar-refractivity contribution in [1.29, 1.82) is 0 Å². The third-order valence-corrected chi connectivity index (χ3v) is 3.43. The van der Waals surface area contributed by atoms with Crippen LogP contribution in [0.4, 0.5) is 4.39 Å². The van der Waals surface area contributed by atoms with Crippen LogP contribution < -0.4 is 10.5 Å². The Labute approximate surface area is 112 Å². The molecule has 1 saturated heterocycles. The van der Waals surface area contributed by atoms with E-state index in [1.54, 1.807) is 17.0 Å². The topological polar surface area (TPSA) is 55.6 Å². The molecular weight excluding hydrogens is 247 g/mol. The number of amides is 1. The second kappa shape index (κ2) is 5.57. The van der Waals surface area contributed by atoms with Crippen LogP contribution >= 0.6 is 0 Å². The molecule has 0 bridgehead atoms. The molecule has 2 N–H and O–H groups in total. The van der Waals surface area contributed by atoms with E-state index in [0.29, 0.717) is 24.4 Å². The average molecular weight is 266 g/mol. The van der Waals surface area contributed by atoms with E-state index in [4.69, 9.17) is 10.5 Å². The molecule has 1 aliphatic heterocycles. The monoisotopic (exact) mass is 266 g/mol. The number of likely N-dealkylation sites (tertiary alicyclic amines) is 1. The summed E-state index contributed by atoms with van der Waals surface area (Å²) in [5, 5.41) is 0. The lowest BCUT2D eigenvalue weighted by atomic mass is 10.1. The summed E-state index contributed by atoms with van der Waals surface area (Å²) in [5.74, 6) is 0.252. The summed E-state index contributed by atoms with van der Waals surface area (Å²) >= 11 is 0. The van der Waals surface area contributed by atoms with Gasteiger partial charge in [0.05, 0.1) is 7.11 Å². The molecule has 2 atom stereocenters. The predicted octanol–water partition coefficient (Wildman–Crippen LogP) is 1.70. The molecule has 1 aromatic rings. The summed E-state index contributed by atoms with van der Waals surface area (Å²) < 4.78 is 18.5. The van der Waals surface area contributed by atoms with Gasteiger partial charge in [0.1, 0.15) is 0 Å². The Balaban J connectivity index is 2.05. The molecule has 0 aromatic heterocycles. The number of nitrogens with two attached hydrogens (primary N) is 1. The molecule has 1 fully saturated rings. The normalized spacial score (nSPS) is 20.7. The Morgan fingerprint density at radius 2 is 2.32 bits per heavy atom. The van der Waals surface area contributed by atoms with Crippen molar-refractivity contribution in [2.24, 2.45) is 11.7 Å². The maximum Gasteiger partial charge on any atom is 0.222 e. The highest BCUT2D eigenvalue weighted by Gasteiger charge is 2.27. The maximum atomic E-state index is 13.6. The van der Waals surface area contributed by atoms with Gasteiger partial charge >= 0.3 is 0 Å². The number of hydrogen-bond acceptors (Lipinski definition) is 3. The summed E-state index contributed by atoms with van der Waals surface area (Å²) in [4.78, 5) is 13.4. The molecule has 5 heteroatoms. The number of nitrogens with zero attached hydrogens (tertiary/aromatic N) is 1. The number of carbonyl (C=O) groups excluding carboxylic acids is 1. The van der Waals surface area contributed by atoms with Crippen molar-refractivity contribution in [3.05, 3.63) is 29.6 Å². The summed E-state index contributed by atoms with van der Waals surface area (Å²) in [6.45, 7) is 3.19. The van der Waals surface area contributed by atoms with Gasteiger partial charge in [-0.1, -0.05) is 13.0 Å². The van der Waals surface area contributed by atoms with Crippen molar-refractivity contribution in [3.63, 3.8) is 0 Å². The minimum Gasteiger partial charge on any atom is -0.494 e. The van der Waals surface area contributed by atoms with E-state index in [1.165, 1.54) is 13.2 Å². The maximum absolute atomic E-state index is 13.6. The molecule has 0 spiro atoms. The van der Waals surface area contributed by atoms with Crippen molar-refractivity contribution in [1.82, 2.24) is 4.90 Å². The van der Waals surface area contributed by atoms with Crippen molar-refractivity contribution in [2.75, 3.05) is 20.2 Å². The molecule has 1 aliphatic rings. The number of methoxy groups -OCH3 is 1. The number of ether oxygens (including phenoxy) is 1. The van der Waals surface area contributed by atoms with Crippen LogP contribution in [0.1, 0.15) is 24.9 Å². The van der Waals surface area contributed by atoms with Gasteiger partial charge in [-0.15, -0.1) is 0 Å². The van der Waals surface area contributed by atoms with Crippen LogP contribution in [0.5, 0.6) is 5.75 Å². The lowest BCUT2D eigenvalue weighted by Crippen LogP contribution is -2.33. The molecule has 1 amide bonds. The SMILES string of the molecule is COc1ccc(C(N)CN2CC(C)CC2=O)cc1F. The van der Waals surface area contributed by atoms with Gasteiger partial charge < -0.3 is 15.4 Å². The van der Waals surface area contributed by atoms with Crippen LogP contribution in [0.2, 0.25) is 0 Å². The molecule has 2 unspecified atom stereocenters. The molecule has 0 aliphatic carbocycles. The lowest BCUT2D eigenvalue weighted by Gasteiger charge is -2.21. The van der Waals surface area contributed by atoms with Crippen LogP contribution in [-0.4, -0.2) is 31.0 Å². The van der Waals surface area contributed by atoms with E-state index in [1.807, 2.05) is 6.92 Å². The molecular formula is C14H19FN2O2. The smallest absolute Gasteiger partial charge is 0.222 e. The van der Waals surface area contributed by atoms with E-state index in [0.717, 1.165) is 6.54 Å². The zero-order valence-electron chi connectivity index (χ0n) is 11.2. The number of rotatable bonds is 4. The van der Waals surface area contributed by atoms with Gasteiger partial charge in [-0.3, -0.25) is 4.79 Å². The van der Waals surface area contributed by atoms with Crippen LogP contribution in [0.25, 0.3) is 0 Å². The van der Waals surface area contributed by atoms with E-state index in [-0.39, 0.29) is 17.7 Å². The zero-order valence-corrected chi connectivity index (χ0v) is 11.2. The van der Waals surface area contributed by atoms with E-state index < -0.39 is 5.82 Å². The second-order valence-corrected chi connectivity index (χ2v) is 5.11. The van der Waals surface area contributed by atoms with Gasteiger partial charge in [0.2, 0.25) is 5.91 Å². The van der Waals surface area contributed by atoms with Gasteiger partial charge in [-0.2, -0.15) is 0 Å². The van der Waals surface area contributed by atoms with Gasteiger partial charge in [0.25, 0.3) is 0 Å². The second-order valence-electron chi connectivity index (χ2n) is 5.11. The molecule has 19 heavy (non-hydrogen) atoms. The fraction of sp³-hybridized carbons (Fsp3) is 0.500. The van der Waals surface area contributed by atoms with Crippen LogP contribution in [0, 0.1) is 11.7 Å². The first-order valence-electron chi connectivity index (χ1n) is 6.38. The van der Waals surface area contributed by atoms with E-state index in [9.17, 15) is 9.18 Å². The van der Waals surface area contributed by atoms with Crippen molar-refractivity contribution in [2.45, 2.75) is 19.4 Å². The van der Waals surface area contributed by atoms with Crippen molar-refractivity contribution < 1.29 is 13.9 Å². The predicted molar refractivity (Wildman–Crippen MR) is 70.2 cm³/mol. The Bertz CT molecular complexity index is 479. The zero-order chi connectivity index (χ0) is 14.0. The highest BCUT2D eigenvalue weighted by atomic mass is 19.1. The van der Waals surface area contributed by atoms with Crippen LogP contribution in [-0.2, 0) is 4.79 Å². The largest absolute Gasteiger partial charge is 0.494 e. The Morgan fingerprint density at radius 3 is 2.84 bits per heavy atom. The third-order valence-electron chi connectivity index (χ3n) is 3.43. The summed E-state index contributed by atoms with van der Waals surface area (Å²) in [7, 11) is 1.42. The molecule has 4 nitrogen and oxygen atoms in total. The summed E-state index contributed by atoms with van der Waals surface area (Å²) in [6.07, 6.45) is 0.573. The summed E-state index contributed by atoms with van der Waals surface area (Å²) in [6, 6.07) is 4.28. The Morgan fingerprint density at radius 1 is 1.58 bits per heavy atom. The highest BCUT2D eigenvalue weighted by molar-refractivity contribution is 5.78. The third kappa shape index (κ3) is 3.04. The number of carbonyl (C=O) groups is 1. The van der Waals surface area contributed by atoms with Gasteiger partial charge in [-0.25, -0.2) is 4.39 Å². The molecule has 0 saturated carbocycles. The lowest BCUT2D eigenvalue weighted by molar-refractivity contribution is -0.127. The quantitative estimate of drug-likeness (QED) is 0.902. The van der Waals surface area contributed by atoms with E-state index in [2.05, 4.69) is 0 Å². The first-order chi connectivity index (χ1) is 9.01. The molecule has 0 radical (unpaired) electrons. The first kappa shape index (κ1) is 13.8. The fourth-order valence-corrected chi connectivity index (χ4v) is 2.40. The standard InChI is InChI=1S/C14H19FN2O2/c1-9-5-14(18)17(7-9)8-12(16)10-3-4-13(19-2)11(15)6-10/h3-4,6,9,12H,5,7-8,16H2,1-2H3. The molecule has 2 rings (SSSR count). The number of halogens is 1. The summed E-state index contributed by atoms with van der Waals surface area (Å²) in [5.41, 5.74) is 6.71. The Hall–Kier alpha value is -1.62. The van der Waals surface area contributed by atoms with Crippen molar-refractivity contribution in [3.8, 4) is 5.75 Å². The highest BCUT2D eigenvalue weighted by Crippen LogP contribution is 2.23. The van der Waals surface area contributed by atoms with Crippen LogP contribution in [0.15, 0.2) is 18.2 Å². The van der Waals surface area contributed by atoms with Gasteiger partial charge in [0, 0.05) is 25.6 Å². The fourth-order valence-electron chi connectivity index (χ4n) is 2.40. The van der Waals surface area contributed by atoms with Gasteiger partial charge in [0.15, 0.2) is 11.6 Å². The Kier molecular flexibility index (Phi) is 4.04. The van der Waals surface area contributed by atoms with Crippen LogP contribution in [0.3, 0.4) is 0 Å². The van der Waals surface area contributed by atoms with Crippen molar-refractivity contribution >= 4 is 5.91 Å².